The Balaban J connectivity index is 2.13. The first-order chi connectivity index (χ1) is 8.99. The van der Waals surface area contributed by atoms with Crippen LogP contribution in [0.4, 0.5) is 5.69 Å². The Morgan fingerprint density at radius 2 is 2.26 bits per heavy atom. The third-order valence-electron chi connectivity index (χ3n) is 3.10. The number of fused-ring (bicyclic) bond motifs is 1. The van der Waals surface area contributed by atoms with Crippen LogP contribution in [0.15, 0.2) is 18.2 Å². The fraction of sp³-hybridized carbons (Fsp3) is 0.385. The van der Waals surface area contributed by atoms with Crippen LogP contribution < -0.4 is 15.4 Å². The van der Waals surface area contributed by atoms with Crippen LogP contribution in [0.1, 0.15) is 12.0 Å². The predicted molar refractivity (Wildman–Crippen MR) is 69.3 cm³/mol. The number of hydrogen-bond donors (Lipinski definition) is 2. The van der Waals surface area contributed by atoms with Gasteiger partial charge in [0.1, 0.15) is 5.75 Å². The van der Waals surface area contributed by atoms with Crippen LogP contribution in [0.25, 0.3) is 0 Å². The number of anilines is 1. The Morgan fingerprint density at radius 3 is 2.95 bits per heavy atom. The maximum Gasteiger partial charge on any atom is 0.305 e. The molecule has 0 saturated carbocycles. The minimum atomic E-state index is -1.09. The summed E-state index contributed by atoms with van der Waals surface area (Å²) in [6, 6.07) is 4.40. The van der Waals surface area contributed by atoms with Crippen molar-refractivity contribution in [1.82, 2.24) is 0 Å². The summed E-state index contributed by atoms with van der Waals surface area (Å²) in [5, 5.41) is 8.64. The number of carbonyl (C=O) groups is 2. The molecule has 1 aromatic rings. The Hall–Kier alpha value is -2.08. The molecule has 0 aliphatic carbocycles. The fourth-order valence-electron chi connectivity index (χ4n) is 2.03. The molecular formula is C13H16N2O4. The highest BCUT2D eigenvalue weighted by molar-refractivity contribution is 5.98. The third kappa shape index (κ3) is 2.85. The summed E-state index contributed by atoms with van der Waals surface area (Å²) < 4.78 is 5.39. The summed E-state index contributed by atoms with van der Waals surface area (Å²) >= 11 is 0. The molecule has 1 aliphatic rings. The quantitative estimate of drug-likeness (QED) is 0.820. The Kier molecular flexibility index (Phi) is 3.71. The van der Waals surface area contributed by atoms with Crippen molar-refractivity contribution in [2.75, 3.05) is 18.6 Å². The zero-order valence-corrected chi connectivity index (χ0v) is 10.6. The number of hydrogen-bond acceptors (Lipinski definition) is 4. The zero-order valence-electron chi connectivity index (χ0n) is 10.6. The molecule has 0 radical (unpaired) electrons. The largest absolute Gasteiger partial charge is 0.493 e. The van der Waals surface area contributed by atoms with Gasteiger partial charge >= 0.3 is 5.97 Å². The molecule has 1 unspecified atom stereocenters. The van der Waals surface area contributed by atoms with Crippen molar-refractivity contribution in [1.29, 1.82) is 0 Å². The number of ether oxygens (including phenoxy) is 1. The van der Waals surface area contributed by atoms with Crippen LogP contribution in [-0.4, -0.2) is 36.7 Å². The number of amides is 1. The summed E-state index contributed by atoms with van der Waals surface area (Å²) in [4.78, 5) is 23.9. The molecule has 102 valence electrons. The minimum absolute atomic E-state index is 0.378. The average molecular weight is 264 g/mol. The molecule has 1 aliphatic heterocycles. The summed E-state index contributed by atoms with van der Waals surface area (Å²) in [6.07, 6.45) is 0.434. The molecule has 1 heterocycles. The molecule has 2 rings (SSSR count). The van der Waals surface area contributed by atoms with E-state index in [1.165, 1.54) is 4.90 Å². The van der Waals surface area contributed by atoms with Gasteiger partial charge in [0.05, 0.1) is 19.1 Å². The molecule has 0 saturated heterocycles. The Bertz CT molecular complexity index is 515. The number of benzene rings is 1. The maximum atomic E-state index is 12.0. The lowest BCUT2D eigenvalue weighted by Gasteiger charge is -2.21. The normalized spacial score (nSPS) is 14.4. The standard InChI is InChI=1S/C13H16N2O4/c1-15(13(18)10(14)7-12(16)17)9-2-3-11-8(6-9)4-5-19-11/h2-3,6,10H,4-5,7,14H2,1H3,(H,16,17). The van der Waals surface area contributed by atoms with E-state index in [-0.39, 0.29) is 6.42 Å². The molecule has 1 amide bonds. The first-order valence-electron chi connectivity index (χ1n) is 5.99. The molecule has 0 spiro atoms. The number of carboxylic acid groups (broad SMARTS) is 1. The second kappa shape index (κ2) is 5.27. The van der Waals surface area contributed by atoms with Gasteiger partial charge in [-0.3, -0.25) is 9.59 Å². The van der Waals surface area contributed by atoms with E-state index in [9.17, 15) is 9.59 Å². The molecule has 1 atom stereocenters. The van der Waals surface area contributed by atoms with Gasteiger partial charge in [-0.15, -0.1) is 0 Å². The van der Waals surface area contributed by atoms with Crippen molar-refractivity contribution in [2.24, 2.45) is 5.73 Å². The molecule has 3 N–H and O–H groups in total. The number of nitrogens with zero attached hydrogens (tertiary/aromatic N) is 1. The van der Waals surface area contributed by atoms with Crippen LogP contribution in [-0.2, 0) is 16.0 Å². The second-order valence-electron chi connectivity index (χ2n) is 4.49. The third-order valence-corrected chi connectivity index (χ3v) is 3.10. The smallest absolute Gasteiger partial charge is 0.305 e. The predicted octanol–water partition coefficient (Wildman–Crippen LogP) is 0.386. The van der Waals surface area contributed by atoms with Gasteiger partial charge in [0.25, 0.3) is 0 Å². The highest BCUT2D eigenvalue weighted by Gasteiger charge is 2.23. The van der Waals surface area contributed by atoms with Gasteiger partial charge in [0.2, 0.25) is 5.91 Å². The molecule has 6 heteroatoms. The van der Waals surface area contributed by atoms with Crippen molar-refractivity contribution < 1.29 is 19.4 Å². The molecule has 19 heavy (non-hydrogen) atoms. The zero-order chi connectivity index (χ0) is 14.0. The molecule has 6 nitrogen and oxygen atoms in total. The first-order valence-corrected chi connectivity index (χ1v) is 5.99. The molecular weight excluding hydrogens is 248 g/mol. The summed E-state index contributed by atoms with van der Waals surface area (Å²) in [7, 11) is 1.58. The summed E-state index contributed by atoms with van der Waals surface area (Å²) in [6.45, 7) is 0.648. The number of nitrogens with two attached hydrogens (primary N) is 1. The topological polar surface area (TPSA) is 92.9 Å². The van der Waals surface area contributed by atoms with Gasteiger partial charge in [-0.1, -0.05) is 0 Å². The van der Waals surface area contributed by atoms with E-state index in [1.54, 1.807) is 13.1 Å². The van der Waals surface area contributed by atoms with Crippen molar-refractivity contribution in [3.63, 3.8) is 0 Å². The number of carboxylic acids is 1. The van der Waals surface area contributed by atoms with Crippen LogP contribution in [0.3, 0.4) is 0 Å². The van der Waals surface area contributed by atoms with E-state index in [0.717, 1.165) is 17.7 Å². The van der Waals surface area contributed by atoms with Gasteiger partial charge in [-0.2, -0.15) is 0 Å². The van der Waals surface area contributed by atoms with Crippen molar-refractivity contribution in [2.45, 2.75) is 18.9 Å². The molecule has 0 fully saturated rings. The first kappa shape index (κ1) is 13.4. The minimum Gasteiger partial charge on any atom is -0.493 e. The molecule has 0 aromatic heterocycles. The Morgan fingerprint density at radius 1 is 1.53 bits per heavy atom. The van der Waals surface area contributed by atoms with Gasteiger partial charge in [0.15, 0.2) is 0 Å². The maximum absolute atomic E-state index is 12.0. The van der Waals surface area contributed by atoms with Crippen LogP contribution in [0.2, 0.25) is 0 Å². The Labute approximate surface area is 110 Å². The van der Waals surface area contributed by atoms with Crippen molar-refractivity contribution >= 4 is 17.6 Å². The second-order valence-corrected chi connectivity index (χ2v) is 4.49. The monoisotopic (exact) mass is 264 g/mol. The highest BCUT2D eigenvalue weighted by atomic mass is 16.5. The van der Waals surface area contributed by atoms with Gasteiger partial charge in [-0.25, -0.2) is 0 Å². The lowest BCUT2D eigenvalue weighted by molar-refractivity contribution is -0.139. The van der Waals surface area contributed by atoms with Gasteiger partial charge in [-0.05, 0) is 23.8 Å². The van der Waals surface area contributed by atoms with Crippen molar-refractivity contribution in [3.8, 4) is 5.75 Å². The number of carbonyl (C=O) groups excluding carboxylic acids is 1. The number of likely N-dealkylation sites (N-methyl/N-ethyl adjacent to an activating group) is 1. The van der Waals surface area contributed by atoms with Crippen molar-refractivity contribution in [3.05, 3.63) is 23.8 Å². The highest BCUT2D eigenvalue weighted by Crippen LogP contribution is 2.29. The number of aliphatic carboxylic acids is 1. The van der Waals surface area contributed by atoms with Crippen LogP contribution >= 0.6 is 0 Å². The SMILES string of the molecule is CN(C(=O)C(N)CC(=O)O)c1ccc2c(c1)CCO2. The average Bonchev–Trinajstić information content (AvgIpc) is 2.83. The lowest BCUT2D eigenvalue weighted by atomic mass is 10.1. The molecule has 0 bridgehead atoms. The summed E-state index contributed by atoms with van der Waals surface area (Å²) in [5.41, 5.74) is 7.31. The van der Waals surface area contributed by atoms with E-state index < -0.39 is 17.9 Å². The van der Waals surface area contributed by atoms with E-state index in [1.807, 2.05) is 12.1 Å². The van der Waals surface area contributed by atoms with Crippen LogP contribution in [0, 0.1) is 0 Å². The summed E-state index contributed by atoms with van der Waals surface area (Å²) in [5.74, 6) is -0.669. The van der Waals surface area contributed by atoms with E-state index in [0.29, 0.717) is 12.3 Å². The fourth-order valence-corrected chi connectivity index (χ4v) is 2.03. The van der Waals surface area contributed by atoms with Gasteiger partial charge in [0, 0.05) is 19.2 Å². The van der Waals surface area contributed by atoms with E-state index >= 15 is 0 Å². The van der Waals surface area contributed by atoms with E-state index in [2.05, 4.69) is 0 Å². The molecule has 1 aromatic carbocycles. The van der Waals surface area contributed by atoms with E-state index in [4.69, 9.17) is 15.6 Å². The lowest BCUT2D eigenvalue weighted by Crippen LogP contribution is -2.43. The number of rotatable bonds is 4. The van der Waals surface area contributed by atoms with Crippen LogP contribution in [0.5, 0.6) is 5.75 Å². The van der Waals surface area contributed by atoms with Gasteiger partial charge < -0.3 is 20.5 Å².